The van der Waals surface area contributed by atoms with Crippen LogP contribution in [0.3, 0.4) is 0 Å². The normalized spacial score (nSPS) is 14.1. The van der Waals surface area contributed by atoms with E-state index in [1.165, 1.54) is 12.1 Å². The van der Waals surface area contributed by atoms with Crippen LogP contribution in [-0.2, 0) is 0 Å². The fourth-order valence-corrected chi connectivity index (χ4v) is 1.46. The molecule has 2 N–H and O–H groups in total. The maximum Gasteiger partial charge on any atom is 0.407 e. The SMILES string of the molecule is Cc1cc([C@H](N)C(F)(F)F)cc(C)c1Cl. The first-order valence-electron chi connectivity index (χ1n) is 4.32. The first-order chi connectivity index (χ1) is 6.73. The summed E-state index contributed by atoms with van der Waals surface area (Å²) in [6, 6.07) is 0.785. The zero-order chi connectivity index (χ0) is 11.8. The van der Waals surface area contributed by atoms with Crippen molar-refractivity contribution in [3.63, 3.8) is 0 Å². The molecule has 1 aromatic carbocycles. The van der Waals surface area contributed by atoms with Gasteiger partial charge in [0.2, 0.25) is 0 Å². The predicted octanol–water partition coefficient (Wildman–Crippen LogP) is 3.52. The van der Waals surface area contributed by atoms with Crippen molar-refractivity contribution in [3.05, 3.63) is 33.8 Å². The smallest absolute Gasteiger partial charge is 0.316 e. The van der Waals surface area contributed by atoms with Crippen LogP contribution in [0.1, 0.15) is 22.7 Å². The topological polar surface area (TPSA) is 26.0 Å². The van der Waals surface area contributed by atoms with Crippen LogP contribution >= 0.6 is 11.6 Å². The monoisotopic (exact) mass is 237 g/mol. The predicted molar refractivity (Wildman–Crippen MR) is 53.9 cm³/mol. The van der Waals surface area contributed by atoms with Crippen LogP contribution in [0.5, 0.6) is 0 Å². The average molecular weight is 238 g/mol. The fourth-order valence-electron chi connectivity index (χ4n) is 1.35. The molecule has 1 atom stereocenters. The van der Waals surface area contributed by atoms with Gasteiger partial charge in [-0.1, -0.05) is 23.7 Å². The van der Waals surface area contributed by atoms with E-state index >= 15 is 0 Å². The minimum Gasteiger partial charge on any atom is -0.316 e. The molecule has 0 aliphatic rings. The Morgan fingerprint density at radius 1 is 1.20 bits per heavy atom. The van der Waals surface area contributed by atoms with Gasteiger partial charge in [-0.25, -0.2) is 0 Å². The number of alkyl halides is 3. The number of aryl methyl sites for hydroxylation is 2. The Labute approximate surface area is 91.0 Å². The van der Waals surface area contributed by atoms with E-state index in [4.69, 9.17) is 17.3 Å². The van der Waals surface area contributed by atoms with Crippen LogP contribution < -0.4 is 5.73 Å². The molecular formula is C10H11ClF3N. The molecule has 5 heteroatoms. The molecule has 0 aliphatic heterocycles. The summed E-state index contributed by atoms with van der Waals surface area (Å²) in [5.41, 5.74) is 6.34. The second kappa shape index (κ2) is 4.02. The molecule has 0 fully saturated rings. The Balaban J connectivity index is 3.17. The molecule has 0 unspecified atom stereocenters. The van der Waals surface area contributed by atoms with Crippen LogP contribution in [0, 0.1) is 13.8 Å². The van der Waals surface area contributed by atoms with Crippen LogP contribution in [0.15, 0.2) is 12.1 Å². The summed E-state index contributed by atoms with van der Waals surface area (Å²) in [6.07, 6.45) is -4.42. The summed E-state index contributed by atoms with van der Waals surface area (Å²) in [5, 5.41) is 0.480. The summed E-state index contributed by atoms with van der Waals surface area (Å²) in [4.78, 5) is 0. The minimum absolute atomic E-state index is 0.0434. The third-order valence-corrected chi connectivity index (χ3v) is 2.77. The first-order valence-corrected chi connectivity index (χ1v) is 4.70. The van der Waals surface area contributed by atoms with Gasteiger partial charge >= 0.3 is 6.18 Å². The van der Waals surface area contributed by atoms with Crippen LogP contribution in [0.4, 0.5) is 13.2 Å². The van der Waals surface area contributed by atoms with E-state index < -0.39 is 12.2 Å². The van der Waals surface area contributed by atoms with Gasteiger partial charge in [-0.15, -0.1) is 0 Å². The van der Waals surface area contributed by atoms with Crippen molar-refractivity contribution in [1.82, 2.24) is 0 Å². The van der Waals surface area contributed by atoms with E-state index in [-0.39, 0.29) is 5.56 Å². The van der Waals surface area contributed by atoms with E-state index in [0.29, 0.717) is 16.1 Å². The van der Waals surface area contributed by atoms with E-state index in [0.717, 1.165) is 0 Å². The minimum atomic E-state index is -4.42. The molecule has 84 valence electrons. The summed E-state index contributed by atoms with van der Waals surface area (Å²) >= 11 is 5.85. The van der Waals surface area contributed by atoms with E-state index in [1.807, 2.05) is 0 Å². The van der Waals surface area contributed by atoms with E-state index in [1.54, 1.807) is 13.8 Å². The molecule has 0 amide bonds. The van der Waals surface area contributed by atoms with Crippen molar-refractivity contribution >= 4 is 11.6 Å². The third kappa shape index (κ3) is 2.63. The second-order valence-electron chi connectivity index (χ2n) is 3.49. The molecule has 0 saturated heterocycles. The lowest BCUT2D eigenvalue weighted by Crippen LogP contribution is -2.28. The van der Waals surface area contributed by atoms with Crippen LogP contribution in [0.25, 0.3) is 0 Å². The van der Waals surface area contributed by atoms with Crippen molar-refractivity contribution in [1.29, 1.82) is 0 Å². The van der Waals surface area contributed by atoms with Crippen molar-refractivity contribution in [2.45, 2.75) is 26.1 Å². The fraction of sp³-hybridized carbons (Fsp3) is 0.400. The van der Waals surface area contributed by atoms with Crippen LogP contribution in [0.2, 0.25) is 5.02 Å². The summed E-state index contributed by atoms with van der Waals surface area (Å²) in [5.74, 6) is 0. The lowest BCUT2D eigenvalue weighted by Gasteiger charge is -2.17. The van der Waals surface area contributed by atoms with E-state index in [2.05, 4.69) is 0 Å². The highest BCUT2D eigenvalue weighted by Gasteiger charge is 2.38. The molecule has 1 rings (SSSR count). The van der Waals surface area contributed by atoms with Gasteiger partial charge in [0.15, 0.2) is 0 Å². The van der Waals surface area contributed by atoms with Crippen molar-refractivity contribution in [2.24, 2.45) is 5.73 Å². The Bertz CT molecular complexity index is 350. The number of benzene rings is 1. The molecule has 0 aliphatic carbocycles. The molecule has 0 aromatic heterocycles. The summed E-state index contributed by atoms with van der Waals surface area (Å²) < 4.78 is 37.0. The zero-order valence-electron chi connectivity index (χ0n) is 8.32. The molecule has 0 heterocycles. The van der Waals surface area contributed by atoms with Gasteiger partial charge in [0.1, 0.15) is 6.04 Å². The van der Waals surface area contributed by atoms with Gasteiger partial charge in [0.05, 0.1) is 0 Å². The lowest BCUT2D eigenvalue weighted by molar-refractivity contribution is -0.149. The van der Waals surface area contributed by atoms with Crippen LogP contribution in [-0.4, -0.2) is 6.18 Å². The Morgan fingerprint density at radius 3 is 1.93 bits per heavy atom. The van der Waals surface area contributed by atoms with Gasteiger partial charge in [-0.2, -0.15) is 13.2 Å². The quantitative estimate of drug-likeness (QED) is 0.795. The van der Waals surface area contributed by atoms with Gasteiger partial charge < -0.3 is 5.73 Å². The van der Waals surface area contributed by atoms with Gasteiger partial charge in [0.25, 0.3) is 0 Å². The van der Waals surface area contributed by atoms with Gasteiger partial charge in [-0.05, 0) is 30.5 Å². The Kier molecular flexibility index (Phi) is 3.31. The first kappa shape index (κ1) is 12.3. The molecule has 0 saturated carbocycles. The number of rotatable bonds is 1. The highest BCUT2D eigenvalue weighted by Crippen LogP contribution is 2.33. The average Bonchev–Trinajstić information content (AvgIpc) is 2.10. The largest absolute Gasteiger partial charge is 0.407 e. The second-order valence-corrected chi connectivity index (χ2v) is 3.87. The maximum absolute atomic E-state index is 12.3. The zero-order valence-corrected chi connectivity index (χ0v) is 9.08. The summed E-state index contributed by atoms with van der Waals surface area (Å²) in [7, 11) is 0. The number of hydrogen-bond acceptors (Lipinski definition) is 1. The third-order valence-electron chi connectivity index (χ3n) is 2.17. The molecular weight excluding hydrogens is 227 g/mol. The molecule has 0 spiro atoms. The standard InChI is InChI=1S/C10H11ClF3N/c1-5-3-7(4-6(2)8(5)11)9(15)10(12,13)14/h3-4,9H,15H2,1-2H3/t9-/m0/s1. The molecule has 15 heavy (non-hydrogen) atoms. The molecule has 0 bridgehead atoms. The lowest BCUT2D eigenvalue weighted by atomic mass is 10.0. The summed E-state index contributed by atoms with van der Waals surface area (Å²) in [6.45, 7) is 3.31. The van der Waals surface area contributed by atoms with Crippen molar-refractivity contribution in [3.8, 4) is 0 Å². The highest BCUT2D eigenvalue weighted by atomic mass is 35.5. The highest BCUT2D eigenvalue weighted by molar-refractivity contribution is 6.32. The van der Waals surface area contributed by atoms with Gasteiger partial charge in [-0.3, -0.25) is 0 Å². The Hall–Kier alpha value is -0.740. The molecule has 0 radical (unpaired) electrons. The van der Waals surface area contributed by atoms with Crippen molar-refractivity contribution < 1.29 is 13.2 Å². The maximum atomic E-state index is 12.3. The number of halogens is 4. The Morgan fingerprint density at radius 2 is 1.60 bits per heavy atom. The number of nitrogens with two attached hydrogens (primary N) is 1. The van der Waals surface area contributed by atoms with E-state index in [9.17, 15) is 13.2 Å². The number of hydrogen-bond donors (Lipinski definition) is 1. The van der Waals surface area contributed by atoms with Gasteiger partial charge in [0, 0.05) is 5.02 Å². The van der Waals surface area contributed by atoms with Crippen molar-refractivity contribution in [2.75, 3.05) is 0 Å². The molecule has 1 nitrogen and oxygen atoms in total. The molecule has 1 aromatic rings.